The lowest BCUT2D eigenvalue weighted by molar-refractivity contribution is -0.137. The normalized spacial score (nSPS) is 19.5. The summed E-state index contributed by atoms with van der Waals surface area (Å²) in [4.78, 5) is 15.3. The maximum Gasteiger partial charge on any atom is 0.227 e. The van der Waals surface area contributed by atoms with E-state index in [2.05, 4.69) is 16.3 Å². The van der Waals surface area contributed by atoms with Gasteiger partial charge >= 0.3 is 0 Å². The van der Waals surface area contributed by atoms with E-state index in [1.807, 2.05) is 12.1 Å². The molecule has 2 N–H and O–H groups in total. The molecule has 0 radical (unpaired) electrons. The first-order valence-corrected chi connectivity index (χ1v) is 11.3. The molecule has 0 unspecified atom stereocenters. The molecule has 1 atom stereocenters. The average Bonchev–Trinajstić information content (AvgIpc) is 3.55. The predicted molar refractivity (Wildman–Crippen MR) is 118 cm³/mol. The number of carbonyl (C=O) groups excluding carboxylic acids is 1. The number of methoxy groups -OCH3 is 1. The van der Waals surface area contributed by atoms with Crippen LogP contribution in [0.1, 0.15) is 57.1 Å². The number of hydrogen-bond acceptors (Lipinski definition) is 5. The first kappa shape index (κ1) is 23.0. The Kier molecular flexibility index (Phi) is 8.14. The lowest BCUT2D eigenvalue weighted by atomic mass is 9.97. The maximum absolute atomic E-state index is 13.2. The van der Waals surface area contributed by atoms with E-state index in [9.17, 15) is 9.90 Å². The van der Waals surface area contributed by atoms with Gasteiger partial charge in [-0.2, -0.15) is 0 Å². The molecule has 1 saturated carbocycles. The minimum absolute atomic E-state index is 0.0927. The van der Waals surface area contributed by atoms with Crippen LogP contribution in [0.4, 0.5) is 0 Å². The molecule has 0 spiro atoms. The second-order valence-electron chi connectivity index (χ2n) is 9.42. The zero-order chi connectivity index (χ0) is 21.6. The van der Waals surface area contributed by atoms with Crippen molar-refractivity contribution in [2.24, 2.45) is 5.92 Å². The number of nitrogens with one attached hydrogen (secondary N) is 1. The summed E-state index contributed by atoms with van der Waals surface area (Å²) >= 11 is 0. The van der Waals surface area contributed by atoms with E-state index >= 15 is 0 Å². The summed E-state index contributed by atoms with van der Waals surface area (Å²) in [6, 6.07) is 6.62. The highest BCUT2D eigenvalue weighted by molar-refractivity contribution is 5.80. The molecule has 1 heterocycles. The largest absolute Gasteiger partial charge is 0.491 e. The van der Waals surface area contributed by atoms with Crippen molar-refractivity contribution in [1.82, 2.24) is 10.2 Å². The first-order chi connectivity index (χ1) is 14.4. The van der Waals surface area contributed by atoms with Crippen LogP contribution in [-0.2, 0) is 22.5 Å². The van der Waals surface area contributed by atoms with E-state index in [0.717, 1.165) is 62.9 Å². The lowest BCUT2D eigenvalue weighted by Crippen LogP contribution is -2.43. The lowest BCUT2D eigenvalue weighted by Gasteiger charge is -2.30. The van der Waals surface area contributed by atoms with Gasteiger partial charge in [0.05, 0.1) is 11.5 Å². The Morgan fingerprint density at radius 3 is 2.63 bits per heavy atom. The molecule has 1 saturated heterocycles. The minimum Gasteiger partial charge on any atom is -0.491 e. The van der Waals surface area contributed by atoms with Crippen molar-refractivity contribution in [3.63, 3.8) is 0 Å². The molecule has 6 heteroatoms. The van der Waals surface area contributed by atoms with Crippen molar-refractivity contribution in [3.05, 3.63) is 29.3 Å². The summed E-state index contributed by atoms with van der Waals surface area (Å²) in [7, 11) is 1.72. The molecule has 0 aromatic heterocycles. The van der Waals surface area contributed by atoms with E-state index < -0.39 is 5.60 Å². The van der Waals surface area contributed by atoms with Crippen LogP contribution in [0.3, 0.4) is 0 Å². The molecule has 168 valence electrons. The Balaban J connectivity index is 1.75. The summed E-state index contributed by atoms with van der Waals surface area (Å²) in [5.41, 5.74) is 1.38. The van der Waals surface area contributed by atoms with Gasteiger partial charge in [-0.3, -0.25) is 4.79 Å². The number of piperidine rings is 1. The highest BCUT2D eigenvalue weighted by atomic mass is 16.5. The number of benzene rings is 1. The Morgan fingerprint density at radius 1 is 1.23 bits per heavy atom. The van der Waals surface area contributed by atoms with Crippen molar-refractivity contribution < 1.29 is 19.4 Å². The minimum atomic E-state index is -0.893. The number of hydrogen-bond donors (Lipinski definition) is 2. The number of nitrogens with zero attached hydrogens (tertiary/aromatic N) is 1. The van der Waals surface area contributed by atoms with E-state index in [1.54, 1.807) is 21.0 Å². The van der Waals surface area contributed by atoms with Gasteiger partial charge in [-0.25, -0.2) is 0 Å². The van der Waals surface area contributed by atoms with Crippen LogP contribution in [0.2, 0.25) is 0 Å². The van der Waals surface area contributed by atoms with E-state index in [-0.39, 0.29) is 18.4 Å². The molecule has 3 rings (SSSR count). The molecule has 2 aliphatic rings. The van der Waals surface area contributed by atoms with Crippen molar-refractivity contribution in [3.8, 4) is 5.75 Å². The topological polar surface area (TPSA) is 71.0 Å². The SMILES string of the molecule is COCCCc1cc(CN(C(=O)[C@@H]2CCCNC2)C2CC2)cc(OCC(C)(C)O)c1. The van der Waals surface area contributed by atoms with Gasteiger partial charge in [-0.15, -0.1) is 0 Å². The van der Waals surface area contributed by atoms with Crippen LogP contribution < -0.4 is 10.1 Å². The van der Waals surface area contributed by atoms with Crippen LogP contribution in [0.5, 0.6) is 5.75 Å². The molecule has 1 aromatic rings. The molecule has 6 nitrogen and oxygen atoms in total. The Labute approximate surface area is 180 Å². The third-order valence-corrected chi connectivity index (χ3v) is 5.70. The molecule has 1 aliphatic heterocycles. The summed E-state index contributed by atoms with van der Waals surface area (Å²) < 4.78 is 11.1. The van der Waals surface area contributed by atoms with Gasteiger partial charge in [-0.05, 0) is 82.2 Å². The highest BCUT2D eigenvalue weighted by Crippen LogP contribution is 2.32. The fourth-order valence-electron chi connectivity index (χ4n) is 4.00. The summed E-state index contributed by atoms with van der Waals surface area (Å²) in [6.45, 7) is 6.84. The molecule has 2 fully saturated rings. The fraction of sp³-hybridized carbons (Fsp3) is 0.708. The number of ether oxygens (including phenoxy) is 2. The van der Waals surface area contributed by atoms with Crippen molar-refractivity contribution in [2.45, 2.75) is 70.6 Å². The van der Waals surface area contributed by atoms with Crippen LogP contribution in [-0.4, -0.2) is 61.0 Å². The van der Waals surface area contributed by atoms with Gasteiger partial charge in [0.1, 0.15) is 12.4 Å². The maximum atomic E-state index is 13.2. The third-order valence-electron chi connectivity index (χ3n) is 5.70. The monoisotopic (exact) mass is 418 g/mol. The van der Waals surface area contributed by atoms with E-state index in [4.69, 9.17) is 9.47 Å². The summed E-state index contributed by atoms with van der Waals surface area (Å²) in [5.74, 6) is 1.13. The van der Waals surface area contributed by atoms with Crippen molar-refractivity contribution >= 4 is 5.91 Å². The van der Waals surface area contributed by atoms with Gasteiger partial charge in [0.15, 0.2) is 0 Å². The molecule has 30 heavy (non-hydrogen) atoms. The molecule has 1 amide bonds. The zero-order valence-corrected chi connectivity index (χ0v) is 18.8. The number of carbonyl (C=O) groups is 1. The van der Waals surface area contributed by atoms with E-state index in [1.165, 1.54) is 5.56 Å². The van der Waals surface area contributed by atoms with Crippen LogP contribution >= 0.6 is 0 Å². The smallest absolute Gasteiger partial charge is 0.227 e. The molecular weight excluding hydrogens is 380 g/mol. The Morgan fingerprint density at radius 2 is 2.00 bits per heavy atom. The van der Waals surface area contributed by atoms with Gasteiger partial charge in [0.25, 0.3) is 0 Å². The summed E-state index contributed by atoms with van der Waals surface area (Å²) in [6.07, 6.45) is 6.07. The Hall–Kier alpha value is -1.63. The highest BCUT2D eigenvalue weighted by Gasteiger charge is 2.36. The zero-order valence-electron chi connectivity index (χ0n) is 18.8. The first-order valence-electron chi connectivity index (χ1n) is 11.3. The van der Waals surface area contributed by atoms with Crippen LogP contribution in [0.25, 0.3) is 0 Å². The fourth-order valence-corrected chi connectivity index (χ4v) is 4.00. The quantitative estimate of drug-likeness (QED) is 0.541. The molecule has 1 aliphatic carbocycles. The predicted octanol–water partition coefficient (Wildman–Crippen LogP) is 2.91. The van der Waals surface area contributed by atoms with Crippen LogP contribution in [0.15, 0.2) is 18.2 Å². The molecular formula is C24H38N2O4. The molecule has 0 bridgehead atoms. The number of aryl methyl sites for hydroxylation is 1. The van der Waals surface area contributed by atoms with Gasteiger partial charge in [0.2, 0.25) is 5.91 Å². The standard InChI is InChI=1S/C24H38N2O4/c1-24(2,28)17-30-22-13-18(6-5-11-29-3)12-19(14-22)16-26(21-8-9-21)23(27)20-7-4-10-25-15-20/h12-14,20-21,25,28H,4-11,15-17H2,1-3H3/t20-/m1/s1. The van der Waals surface area contributed by atoms with Crippen LogP contribution in [0, 0.1) is 5.92 Å². The molecule has 1 aromatic carbocycles. The number of aliphatic hydroxyl groups is 1. The summed E-state index contributed by atoms with van der Waals surface area (Å²) in [5, 5.41) is 13.4. The second kappa shape index (κ2) is 10.6. The van der Waals surface area contributed by atoms with E-state index in [0.29, 0.717) is 19.2 Å². The van der Waals surface area contributed by atoms with Gasteiger partial charge in [-0.1, -0.05) is 6.07 Å². The van der Waals surface area contributed by atoms with Gasteiger partial charge < -0.3 is 24.8 Å². The average molecular weight is 419 g/mol. The van der Waals surface area contributed by atoms with Gasteiger partial charge in [0, 0.05) is 32.8 Å². The number of amides is 1. The number of rotatable bonds is 11. The second-order valence-corrected chi connectivity index (χ2v) is 9.42. The third kappa shape index (κ3) is 7.25. The van der Waals surface area contributed by atoms with Crippen molar-refractivity contribution in [2.75, 3.05) is 33.4 Å². The van der Waals surface area contributed by atoms with Crippen molar-refractivity contribution in [1.29, 1.82) is 0 Å². The Bertz CT molecular complexity index is 691.